The number of para-hydroxylation sites is 1. The number of carbonyl (C=O) groups excluding carboxylic acids is 1. The SMILES string of the molecule is CCOC1CC(Nc2ccccc2F)(C(=O)OC)C1. The molecule has 1 aliphatic carbocycles. The fraction of sp³-hybridized carbons (Fsp3) is 0.500. The molecule has 0 spiro atoms. The van der Waals surface area contributed by atoms with Gasteiger partial charge in [0.05, 0.1) is 18.9 Å². The summed E-state index contributed by atoms with van der Waals surface area (Å²) >= 11 is 0. The van der Waals surface area contributed by atoms with Gasteiger partial charge in [0, 0.05) is 19.4 Å². The van der Waals surface area contributed by atoms with Gasteiger partial charge in [-0.1, -0.05) is 12.1 Å². The minimum atomic E-state index is -0.878. The molecule has 19 heavy (non-hydrogen) atoms. The van der Waals surface area contributed by atoms with E-state index in [0.717, 1.165) is 0 Å². The van der Waals surface area contributed by atoms with Gasteiger partial charge in [0.1, 0.15) is 11.4 Å². The summed E-state index contributed by atoms with van der Waals surface area (Å²) in [5, 5.41) is 2.97. The third-order valence-corrected chi connectivity index (χ3v) is 3.38. The molecule has 1 aromatic rings. The summed E-state index contributed by atoms with van der Waals surface area (Å²) < 4.78 is 23.9. The summed E-state index contributed by atoms with van der Waals surface area (Å²) in [7, 11) is 1.33. The van der Waals surface area contributed by atoms with Gasteiger partial charge in [-0.2, -0.15) is 0 Å². The molecule has 0 aliphatic heterocycles. The second-order valence-corrected chi connectivity index (χ2v) is 4.66. The van der Waals surface area contributed by atoms with E-state index in [-0.39, 0.29) is 17.9 Å². The zero-order valence-corrected chi connectivity index (χ0v) is 11.1. The molecule has 2 rings (SSSR count). The third-order valence-electron chi connectivity index (χ3n) is 3.38. The molecule has 1 saturated carbocycles. The van der Waals surface area contributed by atoms with Crippen LogP contribution >= 0.6 is 0 Å². The van der Waals surface area contributed by atoms with Crippen LogP contribution in [0.25, 0.3) is 0 Å². The highest BCUT2D eigenvalue weighted by atomic mass is 19.1. The molecule has 0 radical (unpaired) electrons. The summed E-state index contributed by atoms with van der Waals surface area (Å²) in [5.41, 5.74) is -0.570. The second-order valence-electron chi connectivity index (χ2n) is 4.66. The Morgan fingerprint density at radius 3 is 2.74 bits per heavy atom. The van der Waals surface area contributed by atoms with Crippen molar-refractivity contribution in [3.63, 3.8) is 0 Å². The van der Waals surface area contributed by atoms with Crippen molar-refractivity contribution in [1.29, 1.82) is 0 Å². The number of rotatable bonds is 5. The predicted octanol–water partition coefficient (Wildman–Crippen LogP) is 2.35. The molecule has 0 aromatic heterocycles. The molecule has 1 N–H and O–H groups in total. The normalized spacial score (nSPS) is 25.5. The molecule has 0 bridgehead atoms. The standard InChI is InChI=1S/C14H18FNO3/c1-3-19-10-8-14(9-10,13(17)18-2)16-12-7-5-4-6-11(12)15/h4-7,10,16H,3,8-9H2,1-2H3. The van der Waals surface area contributed by atoms with Crippen molar-refractivity contribution in [3.8, 4) is 0 Å². The molecule has 0 amide bonds. The maximum Gasteiger partial charge on any atom is 0.331 e. The Kier molecular flexibility index (Phi) is 4.04. The molecule has 4 nitrogen and oxygen atoms in total. The van der Waals surface area contributed by atoms with Gasteiger partial charge < -0.3 is 14.8 Å². The summed E-state index contributed by atoms with van der Waals surface area (Å²) in [4.78, 5) is 11.9. The number of halogens is 1. The number of hydrogen-bond acceptors (Lipinski definition) is 4. The van der Waals surface area contributed by atoms with E-state index in [0.29, 0.717) is 25.1 Å². The molecule has 5 heteroatoms. The second kappa shape index (κ2) is 5.57. The van der Waals surface area contributed by atoms with Crippen molar-refractivity contribution in [1.82, 2.24) is 0 Å². The Bertz CT molecular complexity index is 458. The Balaban J connectivity index is 2.13. The molecule has 1 aliphatic rings. The van der Waals surface area contributed by atoms with E-state index in [2.05, 4.69) is 5.32 Å². The van der Waals surface area contributed by atoms with Crippen LogP contribution in [0.2, 0.25) is 0 Å². The van der Waals surface area contributed by atoms with Crippen molar-refractivity contribution in [3.05, 3.63) is 30.1 Å². The molecular weight excluding hydrogens is 249 g/mol. The Morgan fingerprint density at radius 2 is 2.16 bits per heavy atom. The molecule has 0 heterocycles. The molecule has 1 aromatic carbocycles. The van der Waals surface area contributed by atoms with Crippen LogP contribution in [0, 0.1) is 5.82 Å². The van der Waals surface area contributed by atoms with Crippen molar-refractivity contribution < 1.29 is 18.7 Å². The average Bonchev–Trinajstić information content (AvgIpc) is 2.37. The first-order chi connectivity index (χ1) is 9.11. The largest absolute Gasteiger partial charge is 0.467 e. The lowest BCUT2D eigenvalue weighted by Crippen LogP contribution is -2.60. The number of methoxy groups -OCH3 is 1. The average molecular weight is 267 g/mol. The highest BCUT2D eigenvalue weighted by molar-refractivity contribution is 5.86. The van der Waals surface area contributed by atoms with Crippen LogP contribution in [0.1, 0.15) is 19.8 Å². The quantitative estimate of drug-likeness (QED) is 0.832. The lowest BCUT2D eigenvalue weighted by atomic mass is 9.74. The summed E-state index contributed by atoms with van der Waals surface area (Å²) in [6.07, 6.45) is 0.993. The fourth-order valence-corrected chi connectivity index (χ4v) is 2.41. The number of benzene rings is 1. The third kappa shape index (κ3) is 2.71. The lowest BCUT2D eigenvalue weighted by molar-refractivity contribution is -0.155. The first-order valence-corrected chi connectivity index (χ1v) is 6.34. The molecular formula is C14H18FNO3. The van der Waals surface area contributed by atoms with Crippen molar-refractivity contribution in [2.75, 3.05) is 19.0 Å². The lowest BCUT2D eigenvalue weighted by Gasteiger charge is -2.45. The maximum absolute atomic E-state index is 13.6. The van der Waals surface area contributed by atoms with Gasteiger partial charge in [-0.05, 0) is 19.1 Å². The zero-order valence-electron chi connectivity index (χ0n) is 11.1. The number of nitrogens with one attached hydrogen (secondary N) is 1. The first-order valence-electron chi connectivity index (χ1n) is 6.34. The van der Waals surface area contributed by atoms with Crippen molar-refractivity contribution in [2.45, 2.75) is 31.4 Å². The summed E-state index contributed by atoms with van der Waals surface area (Å²) in [5.74, 6) is -0.766. The van der Waals surface area contributed by atoms with Crippen LogP contribution in [0.4, 0.5) is 10.1 Å². The van der Waals surface area contributed by atoms with Crippen LogP contribution < -0.4 is 5.32 Å². The number of esters is 1. The van der Waals surface area contributed by atoms with E-state index in [1.807, 2.05) is 6.92 Å². The van der Waals surface area contributed by atoms with Gasteiger partial charge in [-0.3, -0.25) is 0 Å². The van der Waals surface area contributed by atoms with Gasteiger partial charge >= 0.3 is 5.97 Å². The molecule has 0 saturated heterocycles. The number of carbonyl (C=O) groups is 1. The van der Waals surface area contributed by atoms with E-state index in [9.17, 15) is 9.18 Å². The van der Waals surface area contributed by atoms with Crippen molar-refractivity contribution in [2.24, 2.45) is 0 Å². The summed E-state index contributed by atoms with van der Waals surface area (Å²) in [6.45, 7) is 2.50. The van der Waals surface area contributed by atoms with Crippen LogP contribution in [0.15, 0.2) is 24.3 Å². The van der Waals surface area contributed by atoms with Gasteiger partial charge in [0.25, 0.3) is 0 Å². The van der Waals surface area contributed by atoms with Crippen LogP contribution in [0.5, 0.6) is 0 Å². The first kappa shape index (κ1) is 13.8. The van der Waals surface area contributed by atoms with Crippen LogP contribution in [-0.2, 0) is 14.3 Å². The Morgan fingerprint density at radius 1 is 1.47 bits per heavy atom. The van der Waals surface area contributed by atoms with Crippen molar-refractivity contribution >= 4 is 11.7 Å². The minimum absolute atomic E-state index is 0.0170. The van der Waals surface area contributed by atoms with Gasteiger partial charge in [-0.15, -0.1) is 0 Å². The van der Waals surface area contributed by atoms with Gasteiger partial charge in [0.2, 0.25) is 0 Å². The van der Waals surface area contributed by atoms with Crippen LogP contribution in [0.3, 0.4) is 0 Å². The van der Waals surface area contributed by atoms with E-state index < -0.39 is 5.54 Å². The number of hydrogen-bond donors (Lipinski definition) is 1. The molecule has 1 fully saturated rings. The molecule has 0 atom stereocenters. The number of anilines is 1. The topological polar surface area (TPSA) is 47.6 Å². The minimum Gasteiger partial charge on any atom is -0.467 e. The fourth-order valence-electron chi connectivity index (χ4n) is 2.41. The highest BCUT2D eigenvalue weighted by Crippen LogP contribution is 2.39. The van der Waals surface area contributed by atoms with Gasteiger partial charge in [-0.25, -0.2) is 9.18 Å². The maximum atomic E-state index is 13.6. The van der Waals surface area contributed by atoms with E-state index in [4.69, 9.17) is 9.47 Å². The Labute approximate surface area is 111 Å². The zero-order chi connectivity index (χ0) is 13.9. The smallest absolute Gasteiger partial charge is 0.331 e. The van der Waals surface area contributed by atoms with Gasteiger partial charge in [0.15, 0.2) is 0 Å². The highest BCUT2D eigenvalue weighted by Gasteiger charge is 2.52. The van der Waals surface area contributed by atoms with Crippen LogP contribution in [-0.4, -0.2) is 31.3 Å². The monoisotopic (exact) mass is 267 g/mol. The van der Waals surface area contributed by atoms with E-state index >= 15 is 0 Å². The van der Waals surface area contributed by atoms with E-state index in [1.165, 1.54) is 13.2 Å². The number of ether oxygens (including phenoxy) is 2. The molecule has 104 valence electrons. The Hall–Kier alpha value is -1.62. The predicted molar refractivity (Wildman–Crippen MR) is 69.4 cm³/mol. The summed E-state index contributed by atoms with van der Waals surface area (Å²) in [6, 6.07) is 6.28. The van der Waals surface area contributed by atoms with E-state index in [1.54, 1.807) is 18.2 Å². The molecule has 0 unspecified atom stereocenters.